The average molecular weight is 508 g/mol. The normalized spacial score (nSPS) is 11.9. The molecule has 38 heavy (non-hydrogen) atoms. The van der Waals surface area contributed by atoms with Gasteiger partial charge < -0.3 is 19.9 Å². The van der Waals surface area contributed by atoms with Crippen molar-refractivity contribution in [2.75, 3.05) is 13.2 Å². The Labute approximate surface area is 219 Å². The summed E-state index contributed by atoms with van der Waals surface area (Å²) in [6.45, 7) is 0.182. The van der Waals surface area contributed by atoms with Crippen LogP contribution >= 0.6 is 0 Å². The van der Waals surface area contributed by atoms with Crippen molar-refractivity contribution in [2.24, 2.45) is 0 Å². The Hall–Kier alpha value is -4.75. The second-order valence-corrected chi connectivity index (χ2v) is 8.76. The van der Waals surface area contributed by atoms with Crippen LogP contribution in [0.3, 0.4) is 0 Å². The van der Waals surface area contributed by atoms with E-state index in [0.29, 0.717) is 5.75 Å². The molecule has 0 spiro atoms. The third kappa shape index (κ3) is 5.05. The second kappa shape index (κ2) is 11.1. The van der Waals surface area contributed by atoms with Crippen LogP contribution in [0.2, 0.25) is 0 Å². The molecule has 0 saturated carbocycles. The summed E-state index contributed by atoms with van der Waals surface area (Å²) in [5, 5.41) is 11.7. The summed E-state index contributed by atoms with van der Waals surface area (Å²) in [7, 11) is 0. The predicted octanol–water partition coefficient (Wildman–Crippen LogP) is 4.34. The van der Waals surface area contributed by atoms with Crippen LogP contribution in [-0.4, -0.2) is 35.7 Å². The summed E-state index contributed by atoms with van der Waals surface area (Å²) >= 11 is 0. The Morgan fingerprint density at radius 2 is 1.29 bits per heavy atom. The van der Waals surface area contributed by atoms with Gasteiger partial charge in [-0.15, -0.1) is 0 Å². The van der Waals surface area contributed by atoms with Crippen LogP contribution in [0, 0.1) is 0 Å². The molecule has 0 fully saturated rings. The largest absolute Gasteiger partial charge is 0.488 e. The van der Waals surface area contributed by atoms with Gasteiger partial charge in [0.2, 0.25) is 5.78 Å². The van der Waals surface area contributed by atoms with E-state index in [9.17, 15) is 14.4 Å². The van der Waals surface area contributed by atoms with Gasteiger partial charge in [0, 0.05) is 23.2 Å². The Kier molecular flexibility index (Phi) is 7.28. The Bertz CT molecular complexity index is 1500. The van der Waals surface area contributed by atoms with Crippen LogP contribution in [0.15, 0.2) is 91.0 Å². The fourth-order valence-electron chi connectivity index (χ4n) is 4.36. The molecule has 1 amide bonds. The molecule has 2 N–H and O–H groups in total. The molecule has 4 aromatic rings. The fraction of sp³-hybridized carbons (Fsp3) is 0.129. The summed E-state index contributed by atoms with van der Waals surface area (Å²) < 4.78 is 12.0. The van der Waals surface area contributed by atoms with Gasteiger partial charge in [-0.1, -0.05) is 72.8 Å². The number of rotatable bonds is 9. The number of carbonyl (C=O) groups is 3. The van der Waals surface area contributed by atoms with Crippen LogP contribution < -0.4 is 14.8 Å². The molecule has 0 atom stereocenters. The number of carbonyl (C=O) groups excluding carboxylic acids is 3. The summed E-state index contributed by atoms with van der Waals surface area (Å²) in [6.07, 6.45) is 0. The Morgan fingerprint density at radius 1 is 0.684 bits per heavy atom. The highest BCUT2D eigenvalue weighted by atomic mass is 16.5. The molecule has 7 heteroatoms. The minimum atomic E-state index is -0.489. The molecule has 0 radical (unpaired) electrons. The first kappa shape index (κ1) is 24.9. The maximum atomic E-state index is 13.9. The molecule has 0 saturated heterocycles. The summed E-state index contributed by atoms with van der Waals surface area (Å²) in [6, 6.07) is 26.7. The highest BCUT2D eigenvalue weighted by Gasteiger charge is 2.36. The topological polar surface area (TPSA) is 102 Å². The maximum absolute atomic E-state index is 13.9. The molecular formula is C31H25NO6. The number of benzene rings is 4. The molecule has 0 aliphatic heterocycles. The fourth-order valence-corrected chi connectivity index (χ4v) is 4.36. The van der Waals surface area contributed by atoms with Crippen molar-refractivity contribution in [3.8, 4) is 11.5 Å². The zero-order chi connectivity index (χ0) is 26.5. The van der Waals surface area contributed by atoms with Crippen LogP contribution in [0.25, 0.3) is 0 Å². The number of ether oxygens (including phenoxy) is 2. The molecule has 1 aliphatic rings. The van der Waals surface area contributed by atoms with Crippen molar-refractivity contribution in [2.45, 2.75) is 13.2 Å². The quantitative estimate of drug-likeness (QED) is 0.308. The molecule has 0 bridgehead atoms. The van der Waals surface area contributed by atoms with Gasteiger partial charge in [0.25, 0.3) is 5.91 Å². The molecule has 190 valence electrons. The molecule has 4 aromatic carbocycles. The first-order valence-corrected chi connectivity index (χ1v) is 12.2. The SMILES string of the molecule is O=C(NCCO)c1cc(OCc2ccccc2)c2c(c1)C(=O)c1cccc(OCc3ccccc3)c1C2=O. The molecule has 5 rings (SSSR count). The van der Waals surface area contributed by atoms with Gasteiger partial charge in [0.15, 0.2) is 5.78 Å². The number of nitrogens with one attached hydrogen (secondary N) is 1. The Balaban J connectivity index is 1.55. The van der Waals surface area contributed by atoms with E-state index in [0.717, 1.165) is 11.1 Å². The highest BCUT2D eigenvalue weighted by molar-refractivity contribution is 6.30. The van der Waals surface area contributed by atoms with E-state index < -0.39 is 17.5 Å². The number of amides is 1. The van der Waals surface area contributed by atoms with E-state index in [4.69, 9.17) is 14.6 Å². The van der Waals surface area contributed by atoms with Crippen LogP contribution in [0.1, 0.15) is 53.3 Å². The van der Waals surface area contributed by atoms with Crippen molar-refractivity contribution in [1.29, 1.82) is 0 Å². The van der Waals surface area contributed by atoms with Gasteiger partial charge in [0.05, 0.1) is 17.7 Å². The van der Waals surface area contributed by atoms with Gasteiger partial charge in [-0.3, -0.25) is 14.4 Å². The van der Waals surface area contributed by atoms with Crippen LogP contribution in [0.5, 0.6) is 11.5 Å². The first-order valence-electron chi connectivity index (χ1n) is 12.2. The molecule has 0 unspecified atom stereocenters. The summed E-state index contributed by atoms with van der Waals surface area (Å²) in [5.74, 6) is -0.876. The standard InChI is InChI=1S/C31H25NO6/c33-15-14-32-31(36)22-16-24-28(26(17-22)38-19-21-10-5-2-6-11-21)30(35)27-23(29(24)34)12-7-13-25(27)37-18-20-8-3-1-4-9-20/h1-13,16-17,33H,14-15,18-19H2,(H,32,36). The van der Waals surface area contributed by atoms with Gasteiger partial charge >= 0.3 is 0 Å². The van der Waals surface area contributed by atoms with E-state index >= 15 is 0 Å². The van der Waals surface area contributed by atoms with E-state index in [1.165, 1.54) is 12.1 Å². The van der Waals surface area contributed by atoms with Crippen molar-refractivity contribution in [3.05, 3.63) is 130 Å². The lowest BCUT2D eigenvalue weighted by atomic mass is 9.82. The van der Waals surface area contributed by atoms with Gasteiger partial charge in [-0.05, 0) is 29.3 Å². The minimum Gasteiger partial charge on any atom is -0.488 e. The van der Waals surface area contributed by atoms with Crippen molar-refractivity contribution >= 4 is 17.5 Å². The molecular weight excluding hydrogens is 482 g/mol. The lowest BCUT2D eigenvalue weighted by Crippen LogP contribution is -2.28. The minimum absolute atomic E-state index is 0.0496. The second-order valence-electron chi connectivity index (χ2n) is 8.76. The van der Waals surface area contributed by atoms with Gasteiger partial charge in [-0.2, -0.15) is 0 Å². The van der Waals surface area contributed by atoms with Crippen LogP contribution in [0.4, 0.5) is 0 Å². The third-order valence-electron chi connectivity index (χ3n) is 6.21. The predicted molar refractivity (Wildman–Crippen MR) is 141 cm³/mol. The number of ketones is 2. The summed E-state index contributed by atoms with van der Waals surface area (Å²) in [4.78, 5) is 40.3. The average Bonchev–Trinajstić information content (AvgIpc) is 2.96. The molecule has 7 nitrogen and oxygen atoms in total. The molecule has 0 heterocycles. The van der Waals surface area contributed by atoms with E-state index in [1.807, 2.05) is 60.7 Å². The Morgan fingerprint density at radius 3 is 1.92 bits per heavy atom. The summed E-state index contributed by atoms with van der Waals surface area (Å²) in [5.41, 5.74) is 2.48. The van der Waals surface area contributed by atoms with E-state index in [-0.39, 0.29) is 59.9 Å². The molecule has 0 aromatic heterocycles. The lowest BCUT2D eigenvalue weighted by molar-refractivity contribution is 0.0941. The zero-order valence-corrected chi connectivity index (χ0v) is 20.5. The van der Waals surface area contributed by atoms with Crippen molar-refractivity contribution < 1.29 is 29.0 Å². The van der Waals surface area contributed by atoms with Crippen molar-refractivity contribution in [1.82, 2.24) is 5.32 Å². The lowest BCUT2D eigenvalue weighted by Gasteiger charge is -2.23. The highest BCUT2D eigenvalue weighted by Crippen LogP contribution is 2.38. The van der Waals surface area contributed by atoms with Gasteiger partial charge in [0.1, 0.15) is 24.7 Å². The number of aliphatic hydroxyl groups excluding tert-OH is 1. The maximum Gasteiger partial charge on any atom is 0.251 e. The number of hydrogen-bond acceptors (Lipinski definition) is 6. The van der Waals surface area contributed by atoms with Gasteiger partial charge in [-0.25, -0.2) is 0 Å². The van der Waals surface area contributed by atoms with E-state index in [2.05, 4.69) is 5.32 Å². The first-order chi connectivity index (χ1) is 18.6. The van der Waals surface area contributed by atoms with E-state index in [1.54, 1.807) is 18.2 Å². The van der Waals surface area contributed by atoms with Crippen LogP contribution in [-0.2, 0) is 13.2 Å². The zero-order valence-electron chi connectivity index (χ0n) is 20.5. The van der Waals surface area contributed by atoms with Crippen molar-refractivity contribution in [3.63, 3.8) is 0 Å². The monoisotopic (exact) mass is 507 g/mol. The molecule has 1 aliphatic carbocycles. The smallest absolute Gasteiger partial charge is 0.251 e. The third-order valence-corrected chi connectivity index (χ3v) is 6.21. The number of fused-ring (bicyclic) bond motifs is 2. The number of hydrogen-bond donors (Lipinski definition) is 2. The number of aliphatic hydroxyl groups is 1.